The van der Waals surface area contributed by atoms with E-state index in [-0.39, 0.29) is 43.1 Å². The minimum absolute atomic E-state index is 0.0532. The van der Waals surface area contributed by atoms with Crippen molar-refractivity contribution in [3.8, 4) is 5.75 Å². The topological polar surface area (TPSA) is 109 Å². The molecule has 0 radical (unpaired) electrons. The van der Waals surface area contributed by atoms with E-state index in [9.17, 15) is 19.2 Å². The molecule has 2 aliphatic rings. The van der Waals surface area contributed by atoms with Crippen molar-refractivity contribution in [1.29, 1.82) is 0 Å². The highest BCUT2D eigenvalue weighted by Gasteiger charge is 2.37. The summed E-state index contributed by atoms with van der Waals surface area (Å²) in [6, 6.07) is 10.7. The van der Waals surface area contributed by atoms with E-state index in [2.05, 4.69) is 10.3 Å². The number of anilines is 1. The molecule has 170 valence electrons. The summed E-state index contributed by atoms with van der Waals surface area (Å²) in [6.45, 7) is 0.397. The maximum atomic E-state index is 12.6. The lowest BCUT2D eigenvalue weighted by molar-refractivity contribution is -0.127. The number of hydrogen-bond donors (Lipinski definition) is 1. The van der Waals surface area contributed by atoms with E-state index < -0.39 is 11.8 Å². The number of thioether (sulfide) groups is 1. The molecule has 10 heteroatoms. The van der Waals surface area contributed by atoms with E-state index in [1.165, 1.54) is 7.11 Å². The van der Waals surface area contributed by atoms with Crippen molar-refractivity contribution in [1.82, 2.24) is 15.2 Å². The number of imide groups is 1. The Bertz CT molecular complexity index is 1120. The summed E-state index contributed by atoms with van der Waals surface area (Å²) < 4.78 is 5.32. The number of amides is 4. The van der Waals surface area contributed by atoms with Gasteiger partial charge in [0.1, 0.15) is 5.75 Å². The third-order valence-corrected chi connectivity index (χ3v) is 6.27. The van der Waals surface area contributed by atoms with E-state index in [1.54, 1.807) is 53.7 Å². The van der Waals surface area contributed by atoms with E-state index in [0.29, 0.717) is 16.3 Å². The largest absolute Gasteiger partial charge is 0.495 e. The molecule has 3 heterocycles. The summed E-state index contributed by atoms with van der Waals surface area (Å²) in [4.78, 5) is 56.9. The minimum atomic E-state index is -0.525. The van der Waals surface area contributed by atoms with E-state index in [0.717, 1.165) is 22.2 Å². The molecule has 33 heavy (non-hydrogen) atoms. The number of nitrogens with zero attached hydrogens (tertiary/aromatic N) is 3. The fraction of sp³-hybridized carbons (Fsp3) is 0.261. The van der Waals surface area contributed by atoms with Gasteiger partial charge in [0.05, 0.1) is 23.6 Å². The van der Waals surface area contributed by atoms with Crippen LogP contribution in [0, 0.1) is 5.92 Å². The van der Waals surface area contributed by atoms with Crippen LogP contribution < -0.4 is 15.0 Å². The standard InChI is InChI=1S/C23H22N4O5S/c1-32-18-7-3-2-6-17(18)27-14-16(12-20(27)28)21(29)25-9-10-26-22(30)19(33-23(26)31)11-15-5-4-8-24-13-15/h2-8,11,13,16H,9-10,12,14H2,1H3,(H,25,29). The molecule has 2 aromatic rings. The maximum Gasteiger partial charge on any atom is 0.293 e. The molecule has 9 nitrogen and oxygen atoms in total. The molecule has 2 aliphatic heterocycles. The third kappa shape index (κ3) is 4.90. The second-order valence-electron chi connectivity index (χ2n) is 7.49. The molecule has 2 saturated heterocycles. The molecule has 1 unspecified atom stereocenters. The Labute approximate surface area is 194 Å². The Morgan fingerprint density at radius 2 is 2.06 bits per heavy atom. The number of nitrogens with one attached hydrogen (secondary N) is 1. The number of pyridine rings is 1. The lowest BCUT2D eigenvalue weighted by Crippen LogP contribution is -2.40. The van der Waals surface area contributed by atoms with Crippen LogP contribution in [0.3, 0.4) is 0 Å². The van der Waals surface area contributed by atoms with Crippen molar-refractivity contribution < 1.29 is 23.9 Å². The Morgan fingerprint density at radius 3 is 2.82 bits per heavy atom. The van der Waals surface area contributed by atoms with Gasteiger partial charge < -0.3 is 15.0 Å². The predicted molar refractivity (Wildman–Crippen MR) is 123 cm³/mol. The second kappa shape index (κ2) is 9.86. The van der Waals surface area contributed by atoms with Crippen molar-refractivity contribution >= 4 is 46.5 Å². The van der Waals surface area contributed by atoms with Crippen LogP contribution in [-0.4, -0.2) is 59.6 Å². The number of methoxy groups -OCH3 is 1. The van der Waals surface area contributed by atoms with Gasteiger partial charge in [0.15, 0.2) is 0 Å². The van der Waals surface area contributed by atoms with E-state index in [4.69, 9.17) is 4.74 Å². The average Bonchev–Trinajstić information content (AvgIpc) is 3.34. The van der Waals surface area contributed by atoms with Gasteiger partial charge in [-0.3, -0.25) is 29.1 Å². The number of hydrogen-bond acceptors (Lipinski definition) is 7. The molecule has 4 rings (SSSR count). The molecule has 1 aromatic heterocycles. The van der Waals surface area contributed by atoms with Gasteiger partial charge in [-0.25, -0.2) is 0 Å². The number of carbonyl (C=O) groups is 4. The van der Waals surface area contributed by atoms with Gasteiger partial charge in [0.25, 0.3) is 11.1 Å². The minimum Gasteiger partial charge on any atom is -0.495 e. The monoisotopic (exact) mass is 466 g/mol. The van der Waals surface area contributed by atoms with Gasteiger partial charge in [-0.05, 0) is 41.6 Å². The SMILES string of the molecule is COc1ccccc1N1CC(C(=O)NCCN2C(=O)SC(=Cc3cccnc3)C2=O)CC1=O. The van der Waals surface area contributed by atoms with Crippen LogP contribution in [0.15, 0.2) is 53.7 Å². The van der Waals surface area contributed by atoms with Crippen molar-refractivity contribution in [2.24, 2.45) is 5.92 Å². The highest BCUT2D eigenvalue weighted by molar-refractivity contribution is 8.18. The van der Waals surface area contributed by atoms with Gasteiger partial charge in [-0.15, -0.1) is 0 Å². The first-order valence-corrected chi connectivity index (χ1v) is 11.2. The van der Waals surface area contributed by atoms with Crippen molar-refractivity contribution in [3.63, 3.8) is 0 Å². The van der Waals surface area contributed by atoms with Gasteiger partial charge in [0.2, 0.25) is 11.8 Å². The highest BCUT2D eigenvalue weighted by atomic mass is 32.2. The molecule has 2 fully saturated rings. The molecule has 1 N–H and O–H groups in total. The summed E-state index contributed by atoms with van der Waals surface area (Å²) >= 11 is 0.857. The van der Waals surface area contributed by atoms with Crippen molar-refractivity contribution in [2.45, 2.75) is 6.42 Å². The number of ether oxygens (including phenoxy) is 1. The highest BCUT2D eigenvalue weighted by Crippen LogP contribution is 2.33. The van der Waals surface area contributed by atoms with Crippen LogP contribution in [-0.2, 0) is 14.4 Å². The zero-order valence-electron chi connectivity index (χ0n) is 17.9. The normalized spacial score (nSPS) is 19.5. The fourth-order valence-electron chi connectivity index (χ4n) is 3.71. The van der Waals surface area contributed by atoms with Gasteiger partial charge in [-0.1, -0.05) is 18.2 Å². The van der Waals surface area contributed by atoms with E-state index in [1.807, 2.05) is 6.07 Å². The summed E-state index contributed by atoms with van der Waals surface area (Å²) in [6.07, 6.45) is 4.93. The van der Waals surface area contributed by atoms with Crippen LogP contribution in [0.2, 0.25) is 0 Å². The number of aromatic nitrogens is 1. The molecule has 1 atom stereocenters. The molecule has 0 spiro atoms. The first-order chi connectivity index (χ1) is 16.0. The average molecular weight is 467 g/mol. The molecule has 1 aromatic carbocycles. The van der Waals surface area contributed by atoms with Crippen LogP contribution >= 0.6 is 11.8 Å². The Morgan fingerprint density at radius 1 is 1.24 bits per heavy atom. The summed E-state index contributed by atoms with van der Waals surface area (Å²) in [5.74, 6) is -0.820. The van der Waals surface area contributed by atoms with Crippen molar-refractivity contribution in [2.75, 3.05) is 31.6 Å². The number of carbonyl (C=O) groups excluding carboxylic acids is 4. The van der Waals surface area contributed by atoms with Gasteiger partial charge in [-0.2, -0.15) is 0 Å². The molecule has 4 amide bonds. The first kappa shape index (κ1) is 22.5. The van der Waals surface area contributed by atoms with Crippen LogP contribution in [0.5, 0.6) is 5.75 Å². The molecular formula is C23H22N4O5S. The maximum absolute atomic E-state index is 12.6. The summed E-state index contributed by atoms with van der Waals surface area (Å²) in [7, 11) is 1.53. The van der Waals surface area contributed by atoms with Crippen LogP contribution in [0.4, 0.5) is 10.5 Å². The first-order valence-electron chi connectivity index (χ1n) is 10.3. The zero-order chi connectivity index (χ0) is 23.4. The number of para-hydroxylation sites is 2. The lowest BCUT2D eigenvalue weighted by atomic mass is 10.1. The van der Waals surface area contributed by atoms with Gasteiger partial charge >= 0.3 is 0 Å². The molecule has 0 bridgehead atoms. The quantitative estimate of drug-likeness (QED) is 0.624. The third-order valence-electron chi connectivity index (χ3n) is 5.36. The van der Waals surface area contributed by atoms with Crippen LogP contribution in [0.25, 0.3) is 6.08 Å². The predicted octanol–water partition coefficient (Wildman–Crippen LogP) is 2.30. The lowest BCUT2D eigenvalue weighted by Gasteiger charge is -2.19. The summed E-state index contributed by atoms with van der Waals surface area (Å²) in [5.41, 5.74) is 1.35. The van der Waals surface area contributed by atoms with Gasteiger partial charge in [0, 0.05) is 38.4 Å². The number of benzene rings is 1. The smallest absolute Gasteiger partial charge is 0.293 e. The molecular weight excluding hydrogens is 444 g/mol. The summed E-state index contributed by atoms with van der Waals surface area (Å²) in [5, 5.41) is 2.36. The second-order valence-corrected chi connectivity index (χ2v) is 8.48. The molecule has 0 saturated carbocycles. The Hall–Kier alpha value is -3.66. The number of rotatable bonds is 7. The van der Waals surface area contributed by atoms with Crippen LogP contribution in [0.1, 0.15) is 12.0 Å². The molecule has 0 aliphatic carbocycles. The fourth-order valence-corrected chi connectivity index (χ4v) is 4.57. The zero-order valence-corrected chi connectivity index (χ0v) is 18.7. The van der Waals surface area contributed by atoms with Crippen molar-refractivity contribution in [3.05, 3.63) is 59.3 Å². The Balaban J connectivity index is 1.31. The van der Waals surface area contributed by atoms with E-state index >= 15 is 0 Å². The Kier molecular flexibility index (Phi) is 6.74.